The molecule has 0 amide bonds. The Morgan fingerprint density at radius 2 is 1.75 bits per heavy atom. The van der Waals surface area contributed by atoms with Gasteiger partial charge in [-0.15, -0.1) is 0 Å². The number of benzene rings is 2. The van der Waals surface area contributed by atoms with E-state index in [1.165, 1.54) is 12.5 Å². The van der Waals surface area contributed by atoms with Gasteiger partial charge in [0.1, 0.15) is 17.4 Å². The highest BCUT2D eigenvalue weighted by Gasteiger charge is 2.54. The second-order valence-electron chi connectivity index (χ2n) is 7.50. The highest BCUT2D eigenvalue weighted by Crippen LogP contribution is 2.64. The summed E-state index contributed by atoms with van der Waals surface area (Å²) in [5.41, 5.74) is 2.36. The molecule has 0 spiro atoms. The third-order valence-corrected chi connectivity index (χ3v) is 6.36. The van der Waals surface area contributed by atoms with Gasteiger partial charge in [-0.05, 0) is 66.7 Å². The van der Waals surface area contributed by atoms with Crippen LogP contribution in [0.5, 0.6) is 5.75 Å². The van der Waals surface area contributed by atoms with E-state index in [0.717, 1.165) is 24.5 Å². The van der Waals surface area contributed by atoms with Crippen LogP contribution in [0, 0.1) is 29.4 Å². The van der Waals surface area contributed by atoms with Crippen LogP contribution in [0.15, 0.2) is 36.4 Å². The summed E-state index contributed by atoms with van der Waals surface area (Å²) >= 11 is 0. The zero-order valence-corrected chi connectivity index (χ0v) is 13.2. The van der Waals surface area contributed by atoms with Gasteiger partial charge in [-0.25, -0.2) is 8.78 Å². The molecule has 0 saturated heterocycles. The predicted octanol–water partition coefficient (Wildman–Crippen LogP) is 4.97. The number of rotatable bonds is 1. The molecule has 5 atom stereocenters. The van der Waals surface area contributed by atoms with Crippen molar-refractivity contribution in [2.45, 2.75) is 31.2 Å². The summed E-state index contributed by atoms with van der Waals surface area (Å²) in [6.07, 6.45) is 3.48. The molecule has 0 radical (unpaired) electrons. The number of phenols is 1. The summed E-state index contributed by atoms with van der Waals surface area (Å²) < 4.78 is 28.3. The molecule has 2 aromatic rings. The van der Waals surface area contributed by atoms with Gasteiger partial charge in [-0.1, -0.05) is 12.1 Å². The number of phenolic OH excluding ortho intramolecular Hbond substituents is 1. The Balaban J connectivity index is 1.66. The SMILES string of the molecule is Oc1ccc([C@@H]2Nc3cc(F)cc(F)c3[C@H]3[C@@H]4CC[C@@H](C4)[C@H]32)cc1. The lowest BCUT2D eigenvalue weighted by Crippen LogP contribution is -2.36. The Bertz CT molecular complexity index is 804. The van der Waals surface area contributed by atoms with Gasteiger partial charge in [-0.3, -0.25) is 0 Å². The minimum absolute atomic E-state index is 0.0413. The van der Waals surface area contributed by atoms with Crippen molar-refractivity contribution in [3.05, 3.63) is 59.2 Å². The second kappa shape index (κ2) is 4.95. The van der Waals surface area contributed by atoms with Crippen LogP contribution in [0.2, 0.25) is 0 Å². The number of fused-ring (bicyclic) bond motifs is 7. The fraction of sp³-hybridized carbons (Fsp3) is 0.400. The molecule has 3 aliphatic rings. The molecular weight excluding hydrogens is 308 g/mol. The normalized spacial score (nSPS) is 33.0. The number of hydrogen-bond donors (Lipinski definition) is 2. The Labute approximate surface area is 139 Å². The molecule has 2 bridgehead atoms. The number of halogens is 2. The molecule has 0 unspecified atom stereocenters. The van der Waals surface area contributed by atoms with Crippen molar-refractivity contribution in [1.82, 2.24) is 0 Å². The van der Waals surface area contributed by atoms with Crippen LogP contribution >= 0.6 is 0 Å². The quantitative estimate of drug-likeness (QED) is 0.775. The number of hydrogen-bond acceptors (Lipinski definition) is 2. The number of aromatic hydroxyl groups is 1. The predicted molar refractivity (Wildman–Crippen MR) is 87.9 cm³/mol. The second-order valence-corrected chi connectivity index (χ2v) is 7.50. The van der Waals surface area contributed by atoms with E-state index in [2.05, 4.69) is 5.32 Å². The van der Waals surface area contributed by atoms with Gasteiger partial charge >= 0.3 is 0 Å². The Hall–Kier alpha value is -2.10. The lowest BCUT2D eigenvalue weighted by molar-refractivity contribution is 0.242. The summed E-state index contributed by atoms with van der Waals surface area (Å²) in [6.45, 7) is 0. The molecule has 24 heavy (non-hydrogen) atoms. The van der Waals surface area contributed by atoms with Crippen molar-refractivity contribution >= 4 is 5.69 Å². The van der Waals surface area contributed by atoms with E-state index in [1.807, 2.05) is 12.1 Å². The summed E-state index contributed by atoms with van der Waals surface area (Å²) in [7, 11) is 0. The molecule has 5 rings (SSSR count). The Morgan fingerprint density at radius 3 is 2.54 bits per heavy atom. The van der Waals surface area contributed by atoms with Gasteiger partial charge in [-0.2, -0.15) is 0 Å². The van der Waals surface area contributed by atoms with Crippen LogP contribution in [0.4, 0.5) is 14.5 Å². The molecule has 2 aliphatic carbocycles. The van der Waals surface area contributed by atoms with Crippen molar-refractivity contribution in [2.24, 2.45) is 17.8 Å². The Morgan fingerprint density at radius 1 is 1.00 bits per heavy atom. The third kappa shape index (κ3) is 1.92. The maximum Gasteiger partial charge on any atom is 0.131 e. The van der Waals surface area contributed by atoms with E-state index >= 15 is 0 Å². The van der Waals surface area contributed by atoms with Crippen LogP contribution < -0.4 is 5.32 Å². The molecule has 0 aromatic heterocycles. The Kier molecular flexibility index (Phi) is 2.94. The molecule has 2 aromatic carbocycles. The lowest BCUT2D eigenvalue weighted by Gasteiger charge is -2.43. The maximum absolute atomic E-state index is 14.6. The van der Waals surface area contributed by atoms with E-state index in [4.69, 9.17) is 0 Å². The zero-order valence-electron chi connectivity index (χ0n) is 13.2. The van der Waals surface area contributed by atoms with E-state index < -0.39 is 11.6 Å². The average molecular weight is 327 g/mol. The molecule has 2 fully saturated rings. The molecule has 2 saturated carbocycles. The van der Waals surface area contributed by atoms with E-state index in [9.17, 15) is 13.9 Å². The van der Waals surface area contributed by atoms with Crippen molar-refractivity contribution in [1.29, 1.82) is 0 Å². The fourth-order valence-electron chi connectivity index (χ4n) is 5.54. The first-order valence-corrected chi connectivity index (χ1v) is 8.66. The van der Waals surface area contributed by atoms with E-state index in [0.29, 0.717) is 29.0 Å². The van der Waals surface area contributed by atoms with Gasteiger partial charge in [0.15, 0.2) is 0 Å². The topological polar surface area (TPSA) is 32.3 Å². The van der Waals surface area contributed by atoms with Gasteiger partial charge in [0.05, 0.1) is 6.04 Å². The minimum atomic E-state index is -0.537. The standard InChI is InChI=1S/C20H19F2NO/c21-13-8-15(22)19-16(9-13)23-20(10-3-5-14(24)6-4-10)18-12-2-1-11(7-12)17(18)19/h3-6,8-9,11-12,17-18,20,23-24H,1-2,7H2/t11-,12+,17+,18-,20+/m1/s1. The van der Waals surface area contributed by atoms with Crippen LogP contribution in [0.3, 0.4) is 0 Å². The van der Waals surface area contributed by atoms with E-state index in [-0.39, 0.29) is 17.7 Å². The van der Waals surface area contributed by atoms with Crippen molar-refractivity contribution in [3.63, 3.8) is 0 Å². The monoisotopic (exact) mass is 327 g/mol. The molecule has 2 N–H and O–H groups in total. The summed E-state index contributed by atoms with van der Waals surface area (Å²) in [5.74, 6) is 0.870. The molecule has 1 aliphatic heterocycles. The van der Waals surface area contributed by atoms with Crippen molar-refractivity contribution < 1.29 is 13.9 Å². The van der Waals surface area contributed by atoms with Crippen LogP contribution in [0.25, 0.3) is 0 Å². The first-order valence-electron chi connectivity index (χ1n) is 8.66. The van der Waals surface area contributed by atoms with Gasteiger partial charge in [0, 0.05) is 17.3 Å². The largest absolute Gasteiger partial charge is 0.508 e. The van der Waals surface area contributed by atoms with E-state index in [1.54, 1.807) is 12.1 Å². The summed E-state index contributed by atoms with van der Waals surface area (Å²) in [5, 5.41) is 13.0. The highest BCUT2D eigenvalue weighted by atomic mass is 19.1. The van der Waals surface area contributed by atoms with Crippen molar-refractivity contribution in [2.75, 3.05) is 5.32 Å². The maximum atomic E-state index is 14.6. The highest BCUT2D eigenvalue weighted by molar-refractivity contribution is 5.59. The minimum Gasteiger partial charge on any atom is -0.508 e. The average Bonchev–Trinajstić information content (AvgIpc) is 3.16. The van der Waals surface area contributed by atoms with Gasteiger partial charge in [0.25, 0.3) is 0 Å². The summed E-state index contributed by atoms with van der Waals surface area (Å²) in [4.78, 5) is 0. The summed E-state index contributed by atoms with van der Waals surface area (Å²) in [6, 6.07) is 9.67. The third-order valence-electron chi connectivity index (χ3n) is 6.36. The van der Waals surface area contributed by atoms with Gasteiger partial charge < -0.3 is 10.4 Å². The van der Waals surface area contributed by atoms with Crippen LogP contribution in [-0.2, 0) is 0 Å². The van der Waals surface area contributed by atoms with Crippen molar-refractivity contribution in [3.8, 4) is 5.75 Å². The molecular formula is C20H19F2NO. The lowest BCUT2D eigenvalue weighted by atomic mass is 9.68. The molecule has 124 valence electrons. The van der Waals surface area contributed by atoms with Crippen LogP contribution in [-0.4, -0.2) is 5.11 Å². The smallest absolute Gasteiger partial charge is 0.131 e. The van der Waals surface area contributed by atoms with Gasteiger partial charge in [0.2, 0.25) is 0 Å². The molecule has 1 heterocycles. The van der Waals surface area contributed by atoms with Crippen LogP contribution in [0.1, 0.15) is 42.3 Å². The number of anilines is 1. The first kappa shape index (κ1) is 14.3. The molecule has 2 nitrogen and oxygen atoms in total. The zero-order chi connectivity index (χ0) is 16.4. The first-order chi connectivity index (χ1) is 11.6. The molecule has 4 heteroatoms. The fourth-order valence-corrected chi connectivity index (χ4v) is 5.54. The number of nitrogens with one attached hydrogen (secondary N) is 1.